The molecule has 0 spiro atoms. The molecule has 0 saturated heterocycles. The largest absolute Gasteiger partial charge is 0.472 e. The first-order chi connectivity index (χ1) is 9.12. The molecule has 8 nitrogen and oxygen atoms in total. The summed E-state index contributed by atoms with van der Waals surface area (Å²) in [6, 6.07) is 0. The maximum absolute atomic E-state index is 11.4. The first-order valence-corrected chi connectivity index (χ1v) is 12.1. The predicted octanol–water partition coefficient (Wildman–Crippen LogP) is 2.69. The van der Waals surface area contributed by atoms with Gasteiger partial charge < -0.3 is 9.79 Å². The van der Waals surface area contributed by atoms with Gasteiger partial charge in [-0.15, -0.1) is 0 Å². The molecule has 0 fully saturated rings. The van der Waals surface area contributed by atoms with E-state index in [1.165, 1.54) is 0 Å². The quantitative estimate of drug-likeness (QED) is 0.365. The van der Waals surface area contributed by atoms with Gasteiger partial charge in [-0.3, -0.25) is 18.1 Å². The number of hydrogen-bond donors (Lipinski definition) is 2. The molecule has 0 rings (SSSR count). The van der Waals surface area contributed by atoms with Crippen LogP contribution in [0.15, 0.2) is 0 Å². The number of phosphoric acid groups is 2. The Kier molecular flexibility index (Phi) is 9.86. The molecule has 12 heteroatoms. The summed E-state index contributed by atoms with van der Waals surface area (Å²) in [6.07, 6.45) is -1.64. The lowest BCUT2D eigenvalue weighted by molar-refractivity contribution is 0.0705. The minimum Gasteiger partial charge on any atom is -0.302 e. The van der Waals surface area contributed by atoms with Crippen LogP contribution in [0.3, 0.4) is 0 Å². The van der Waals surface area contributed by atoms with Crippen LogP contribution in [0.4, 0.5) is 0 Å². The summed E-state index contributed by atoms with van der Waals surface area (Å²) in [7, 11) is -7.49. The topological polar surface area (TPSA) is 112 Å². The lowest BCUT2D eigenvalue weighted by Crippen LogP contribution is -2.20. The molecule has 4 unspecified atom stereocenters. The van der Waals surface area contributed by atoms with Gasteiger partial charge in [-0.05, 0) is 6.42 Å². The maximum Gasteiger partial charge on any atom is 0.472 e. The summed E-state index contributed by atoms with van der Waals surface area (Å²) >= 11 is 1.83. The fourth-order valence-electron chi connectivity index (χ4n) is 0.846. The van der Waals surface area contributed by atoms with Gasteiger partial charge in [0.25, 0.3) is 0 Å². The Morgan fingerprint density at radius 2 is 2.00 bits per heavy atom. The van der Waals surface area contributed by atoms with E-state index in [4.69, 9.17) is 5.80 Å². The van der Waals surface area contributed by atoms with Crippen LogP contribution in [0, 0.1) is 0 Å². The number of rotatable bonds is 11. The number of hydrogen-bond acceptors (Lipinski definition) is 6. The maximum atomic E-state index is 11.4. The molecule has 0 aliphatic heterocycles. The molecule has 2 N–H and O–H groups in total. The van der Waals surface area contributed by atoms with Crippen LogP contribution in [-0.2, 0) is 27.2 Å². The SMILES string of the molecule is [2H]P(I)CC(COP(=O)(O)OCCC)OP(=O)(O)OC. The van der Waals surface area contributed by atoms with Crippen molar-refractivity contribution in [2.24, 2.45) is 0 Å². The van der Waals surface area contributed by atoms with E-state index in [-0.39, 0.29) is 12.8 Å². The molecule has 0 aromatic carbocycles. The Hall–Kier alpha value is 1.38. The summed E-state index contributed by atoms with van der Waals surface area (Å²) < 4.78 is 48.5. The Morgan fingerprint density at radius 3 is 2.47 bits per heavy atom. The Bertz CT molecular complexity index is 370. The predicted molar refractivity (Wildman–Crippen MR) is 80.9 cm³/mol. The smallest absolute Gasteiger partial charge is 0.302 e. The van der Waals surface area contributed by atoms with Crippen molar-refractivity contribution in [3.05, 3.63) is 0 Å². The van der Waals surface area contributed by atoms with Gasteiger partial charge >= 0.3 is 15.6 Å². The third-order valence-corrected chi connectivity index (χ3v) is 5.40. The first kappa shape index (κ1) is 18.4. The summed E-state index contributed by atoms with van der Waals surface area (Å²) in [5, 5.41) is 0. The van der Waals surface area contributed by atoms with Gasteiger partial charge in [0.2, 0.25) is 0 Å². The standard InChI is InChI=1S/C7H18IO8P3/c1-3-4-14-19(11,12)15-5-7(6-17-8)16-18(9,10)13-2/h7,17H,3-6H2,1-2H3,(H,9,10)(H,11,12)/i17D. The summed E-state index contributed by atoms with van der Waals surface area (Å²) in [5.41, 5.74) is 0. The third-order valence-electron chi connectivity index (χ3n) is 1.67. The van der Waals surface area contributed by atoms with Crippen LogP contribution < -0.4 is 0 Å². The second-order valence-corrected chi connectivity index (χ2v) is 8.90. The minimum absolute atomic E-state index is 0.0489. The van der Waals surface area contributed by atoms with Crippen molar-refractivity contribution in [2.75, 3.05) is 26.5 Å². The van der Waals surface area contributed by atoms with Gasteiger partial charge in [0.1, 0.15) is 0 Å². The normalized spacial score (nSPS) is 22.1. The molecule has 0 aliphatic carbocycles. The van der Waals surface area contributed by atoms with Crippen molar-refractivity contribution in [3.63, 3.8) is 0 Å². The molecule has 0 aliphatic rings. The van der Waals surface area contributed by atoms with Crippen molar-refractivity contribution >= 4 is 43.9 Å². The van der Waals surface area contributed by atoms with Gasteiger partial charge in [0, 0.05) is 13.3 Å². The molecule has 0 aromatic heterocycles. The zero-order chi connectivity index (χ0) is 15.8. The number of phosphoric ester groups is 2. The van der Waals surface area contributed by atoms with Crippen LogP contribution in [0.2, 0.25) is 0 Å². The average Bonchev–Trinajstić information content (AvgIpc) is 2.33. The zero-order valence-electron chi connectivity index (χ0n) is 11.5. The lowest BCUT2D eigenvalue weighted by Gasteiger charge is -2.20. The molecule has 116 valence electrons. The fourth-order valence-corrected chi connectivity index (χ4v) is 4.06. The molecular weight excluding hydrogens is 432 g/mol. The molecule has 0 amide bonds. The number of halogens is 1. The van der Waals surface area contributed by atoms with E-state index in [0.29, 0.717) is 6.42 Å². The van der Waals surface area contributed by atoms with Gasteiger partial charge in [-0.25, -0.2) is 9.13 Å². The highest BCUT2D eigenvalue weighted by molar-refractivity contribution is 14.2. The molecule has 0 bridgehead atoms. The van der Waals surface area contributed by atoms with Gasteiger partial charge in [-0.1, -0.05) is 35.1 Å². The zero-order valence-corrected chi connectivity index (χ0v) is 15.3. The summed E-state index contributed by atoms with van der Waals surface area (Å²) in [6.45, 7) is 1.36. The van der Waals surface area contributed by atoms with E-state index in [2.05, 4.69) is 13.6 Å². The summed E-state index contributed by atoms with van der Waals surface area (Å²) in [5.74, 6) is 0. The lowest BCUT2D eigenvalue weighted by atomic mass is 10.4. The van der Waals surface area contributed by atoms with Crippen LogP contribution in [0.5, 0.6) is 0 Å². The van der Waals surface area contributed by atoms with E-state index >= 15 is 0 Å². The molecule has 4 atom stereocenters. The van der Waals surface area contributed by atoms with E-state index in [1.54, 1.807) is 6.92 Å². The van der Waals surface area contributed by atoms with Crippen molar-refractivity contribution in [1.29, 1.82) is 1.28 Å². The average molecular weight is 451 g/mol. The molecule has 0 radical (unpaired) electrons. The van der Waals surface area contributed by atoms with E-state index in [0.717, 1.165) is 7.11 Å². The monoisotopic (exact) mass is 451 g/mol. The minimum atomic E-state index is -4.26. The van der Waals surface area contributed by atoms with E-state index < -0.39 is 34.5 Å². The molecular formula is C7H18IO8P3. The van der Waals surface area contributed by atoms with Crippen molar-refractivity contribution in [3.8, 4) is 0 Å². The van der Waals surface area contributed by atoms with Crippen molar-refractivity contribution in [1.82, 2.24) is 0 Å². The van der Waals surface area contributed by atoms with Gasteiger partial charge in [0.05, 0.1) is 20.6 Å². The highest BCUT2D eigenvalue weighted by Crippen LogP contribution is 2.47. The second kappa shape index (κ2) is 10.2. The van der Waals surface area contributed by atoms with Crippen LogP contribution in [-0.4, -0.2) is 43.7 Å². The van der Waals surface area contributed by atoms with Crippen LogP contribution >= 0.6 is 43.9 Å². The van der Waals surface area contributed by atoms with Crippen molar-refractivity contribution in [2.45, 2.75) is 19.4 Å². The van der Waals surface area contributed by atoms with Gasteiger partial charge in [0.15, 0.2) is 0 Å². The van der Waals surface area contributed by atoms with Crippen LogP contribution in [0.25, 0.3) is 0 Å². The Balaban J connectivity index is 4.51. The first-order valence-electron chi connectivity index (χ1n) is 5.67. The molecule has 19 heavy (non-hydrogen) atoms. The third kappa shape index (κ3) is 10.7. The highest BCUT2D eigenvalue weighted by Gasteiger charge is 2.28. The highest BCUT2D eigenvalue weighted by atomic mass is 127. The second-order valence-electron chi connectivity index (χ2n) is 3.28. The molecule has 0 saturated carbocycles. The Morgan fingerprint density at radius 1 is 1.37 bits per heavy atom. The molecule has 0 aromatic rings. The van der Waals surface area contributed by atoms with Gasteiger partial charge in [-0.2, -0.15) is 0 Å². The summed E-state index contributed by atoms with van der Waals surface area (Å²) in [4.78, 5) is 18.5. The van der Waals surface area contributed by atoms with E-state index in [9.17, 15) is 18.9 Å². The molecule has 0 heterocycles. The Labute approximate surface area is 128 Å². The fraction of sp³-hybridized carbons (Fsp3) is 1.00. The van der Waals surface area contributed by atoms with Crippen molar-refractivity contribution < 1.29 is 37.0 Å². The van der Waals surface area contributed by atoms with Crippen LogP contribution in [0.1, 0.15) is 13.3 Å². The van der Waals surface area contributed by atoms with E-state index in [1.807, 2.05) is 22.0 Å².